The van der Waals surface area contributed by atoms with Gasteiger partial charge < -0.3 is 19.8 Å². The van der Waals surface area contributed by atoms with Crippen molar-refractivity contribution in [3.8, 4) is 5.75 Å². The number of anilines is 1. The highest BCUT2D eigenvalue weighted by molar-refractivity contribution is 5.86. The zero-order valence-corrected chi connectivity index (χ0v) is 18.1. The molecule has 3 heterocycles. The molecule has 1 amide bonds. The Morgan fingerprint density at radius 1 is 1.19 bits per heavy atom. The summed E-state index contributed by atoms with van der Waals surface area (Å²) in [5.41, 5.74) is 1.93. The second-order valence-electron chi connectivity index (χ2n) is 7.62. The molecule has 0 aliphatic rings. The molecule has 3 aromatic heterocycles. The van der Waals surface area contributed by atoms with E-state index in [9.17, 15) is 4.79 Å². The lowest BCUT2D eigenvalue weighted by Crippen LogP contribution is -2.31. The van der Waals surface area contributed by atoms with Crippen molar-refractivity contribution in [1.29, 1.82) is 0 Å². The number of fused-ring (bicyclic) bond motifs is 1. The van der Waals surface area contributed by atoms with E-state index in [4.69, 9.17) is 9.15 Å². The predicted molar refractivity (Wildman–Crippen MR) is 120 cm³/mol. The summed E-state index contributed by atoms with van der Waals surface area (Å²) in [4.78, 5) is 20.7. The van der Waals surface area contributed by atoms with Crippen LogP contribution in [0.4, 0.5) is 5.82 Å². The molecular weight excluding hydrogens is 408 g/mol. The van der Waals surface area contributed by atoms with Crippen LogP contribution in [0.3, 0.4) is 0 Å². The molecule has 0 bridgehead atoms. The minimum absolute atomic E-state index is 0.0378. The molecule has 4 rings (SSSR count). The predicted octanol–water partition coefficient (Wildman–Crippen LogP) is 3.35. The van der Waals surface area contributed by atoms with Crippen LogP contribution in [0, 0.1) is 0 Å². The number of amides is 1. The number of benzene rings is 1. The standard InChI is InChI=1S/C23H26N6O3/c1-16(2)17-5-7-18(8-6-17)32-14-21(30)24-9-10-29-23-20(13-28-29)22(26-15-27-23)25-12-19-4-3-11-31-19/h3-8,11,13,15-16H,9-10,12,14H2,1-2H3,(H,24,30)(H,25,26,27). The first-order valence-corrected chi connectivity index (χ1v) is 10.5. The van der Waals surface area contributed by atoms with Gasteiger partial charge in [-0.15, -0.1) is 0 Å². The van der Waals surface area contributed by atoms with E-state index in [-0.39, 0.29) is 12.5 Å². The van der Waals surface area contributed by atoms with E-state index in [1.807, 2.05) is 36.4 Å². The van der Waals surface area contributed by atoms with Crippen LogP contribution in [0.15, 0.2) is 59.6 Å². The van der Waals surface area contributed by atoms with Gasteiger partial charge in [0.05, 0.1) is 30.9 Å². The summed E-state index contributed by atoms with van der Waals surface area (Å²) in [7, 11) is 0. The molecule has 0 aliphatic heterocycles. The van der Waals surface area contributed by atoms with Crippen molar-refractivity contribution in [2.75, 3.05) is 18.5 Å². The first kappa shape index (κ1) is 21.4. The van der Waals surface area contributed by atoms with Gasteiger partial charge in [-0.1, -0.05) is 26.0 Å². The van der Waals surface area contributed by atoms with Crippen LogP contribution in [0.2, 0.25) is 0 Å². The van der Waals surface area contributed by atoms with E-state index in [2.05, 4.69) is 39.5 Å². The van der Waals surface area contributed by atoms with Gasteiger partial charge in [0.15, 0.2) is 12.3 Å². The van der Waals surface area contributed by atoms with Gasteiger partial charge in [0.25, 0.3) is 5.91 Å². The Kier molecular flexibility index (Phi) is 6.64. The third kappa shape index (κ3) is 5.23. The summed E-state index contributed by atoms with van der Waals surface area (Å²) >= 11 is 0. The Morgan fingerprint density at radius 3 is 2.78 bits per heavy atom. The van der Waals surface area contributed by atoms with E-state index in [1.54, 1.807) is 17.1 Å². The number of hydrogen-bond acceptors (Lipinski definition) is 7. The van der Waals surface area contributed by atoms with Crippen molar-refractivity contribution < 1.29 is 13.9 Å². The summed E-state index contributed by atoms with van der Waals surface area (Å²) in [6.45, 7) is 5.63. The molecule has 9 heteroatoms. The molecule has 4 aromatic rings. The Labute approximate surface area is 185 Å². The van der Waals surface area contributed by atoms with E-state index in [0.29, 0.717) is 42.8 Å². The fourth-order valence-electron chi connectivity index (χ4n) is 3.23. The van der Waals surface area contributed by atoms with Gasteiger partial charge in [-0.05, 0) is 35.7 Å². The molecule has 0 saturated carbocycles. The number of ether oxygens (including phenoxy) is 1. The second-order valence-corrected chi connectivity index (χ2v) is 7.62. The molecule has 32 heavy (non-hydrogen) atoms. The largest absolute Gasteiger partial charge is 0.484 e. The second kappa shape index (κ2) is 9.95. The van der Waals surface area contributed by atoms with Crippen molar-refractivity contribution in [3.05, 3.63) is 66.5 Å². The number of carbonyl (C=O) groups excluding carboxylic acids is 1. The van der Waals surface area contributed by atoms with Crippen LogP contribution in [-0.2, 0) is 17.9 Å². The maximum Gasteiger partial charge on any atom is 0.258 e. The average Bonchev–Trinajstić information content (AvgIpc) is 3.47. The Morgan fingerprint density at radius 2 is 2.03 bits per heavy atom. The fraction of sp³-hybridized carbons (Fsp3) is 0.304. The smallest absolute Gasteiger partial charge is 0.258 e. The number of furan rings is 1. The molecule has 166 valence electrons. The Hall–Kier alpha value is -3.88. The van der Waals surface area contributed by atoms with Crippen LogP contribution in [0.25, 0.3) is 11.0 Å². The van der Waals surface area contributed by atoms with E-state index in [0.717, 1.165) is 11.1 Å². The molecule has 0 spiro atoms. The van der Waals surface area contributed by atoms with Crippen LogP contribution in [0.1, 0.15) is 31.1 Å². The molecule has 0 fully saturated rings. The number of nitrogens with one attached hydrogen (secondary N) is 2. The lowest BCUT2D eigenvalue weighted by atomic mass is 10.0. The molecule has 2 N–H and O–H groups in total. The first-order valence-electron chi connectivity index (χ1n) is 10.5. The maximum atomic E-state index is 12.1. The van der Waals surface area contributed by atoms with Crippen LogP contribution >= 0.6 is 0 Å². The van der Waals surface area contributed by atoms with E-state index < -0.39 is 0 Å². The van der Waals surface area contributed by atoms with E-state index in [1.165, 1.54) is 11.9 Å². The highest BCUT2D eigenvalue weighted by Gasteiger charge is 2.11. The van der Waals surface area contributed by atoms with Gasteiger partial charge in [-0.2, -0.15) is 5.10 Å². The first-order chi connectivity index (χ1) is 15.6. The number of nitrogens with zero attached hydrogens (tertiary/aromatic N) is 4. The van der Waals surface area contributed by atoms with Gasteiger partial charge in [0.2, 0.25) is 0 Å². The van der Waals surface area contributed by atoms with Crippen LogP contribution in [0.5, 0.6) is 5.75 Å². The van der Waals surface area contributed by atoms with Gasteiger partial charge in [0.1, 0.15) is 23.7 Å². The number of hydrogen-bond donors (Lipinski definition) is 2. The van der Waals surface area contributed by atoms with Crippen molar-refractivity contribution in [2.24, 2.45) is 0 Å². The minimum atomic E-state index is -0.190. The summed E-state index contributed by atoms with van der Waals surface area (Å²) in [6, 6.07) is 11.5. The van der Waals surface area contributed by atoms with Crippen molar-refractivity contribution in [1.82, 2.24) is 25.1 Å². The molecule has 0 atom stereocenters. The number of carbonyl (C=O) groups is 1. The monoisotopic (exact) mass is 434 g/mol. The van der Waals surface area contributed by atoms with Crippen molar-refractivity contribution in [3.63, 3.8) is 0 Å². The maximum absolute atomic E-state index is 12.1. The number of rotatable bonds is 10. The Balaban J connectivity index is 1.26. The minimum Gasteiger partial charge on any atom is -0.484 e. The van der Waals surface area contributed by atoms with Crippen LogP contribution < -0.4 is 15.4 Å². The molecule has 1 aromatic carbocycles. The van der Waals surface area contributed by atoms with Gasteiger partial charge >= 0.3 is 0 Å². The topological polar surface area (TPSA) is 107 Å². The lowest BCUT2D eigenvalue weighted by molar-refractivity contribution is -0.123. The fourth-order valence-corrected chi connectivity index (χ4v) is 3.23. The zero-order chi connectivity index (χ0) is 22.3. The van der Waals surface area contributed by atoms with Crippen molar-refractivity contribution >= 4 is 22.8 Å². The quantitative estimate of drug-likeness (QED) is 0.394. The third-order valence-electron chi connectivity index (χ3n) is 5.01. The summed E-state index contributed by atoms with van der Waals surface area (Å²) < 4.78 is 12.6. The molecule has 9 nitrogen and oxygen atoms in total. The van der Waals surface area contributed by atoms with Gasteiger partial charge in [-0.25, -0.2) is 14.6 Å². The third-order valence-corrected chi connectivity index (χ3v) is 5.01. The molecule has 0 radical (unpaired) electrons. The lowest BCUT2D eigenvalue weighted by Gasteiger charge is -2.10. The molecule has 0 aliphatic carbocycles. The molecular formula is C23H26N6O3. The highest BCUT2D eigenvalue weighted by Crippen LogP contribution is 2.20. The Bertz CT molecular complexity index is 1150. The van der Waals surface area contributed by atoms with Gasteiger partial charge in [0, 0.05) is 6.54 Å². The van der Waals surface area contributed by atoms with Crippen LogP contribution in [-0.4, -0.2) is 38.8 Å². The van der Waals surface area contributed by atoms with Crippen molar-refractivity contribution in [2.45, 2.75) is 32.9 Å². The highest BCUT2D eigenvalue weighted by atomic mass is 16.5. The average molecular weight is 435 g/mol. The van der Waals surface area contributed by atoms with E-state index >= 15 is 0 Å². The summed E-state index contributed by atoms with van der Waals surface area (Å²) in [6.07, 6.45) is 4.83. The summed E-state index contributed by atoms with van der Waals surface area (Å²) in [5, 5.41) is 11.3. The normalized spacial score (nSPS) is 11.1. The SMILES string of the molecule is CC(C)c1ccc(OCC(=O)NCCn2ncc3c(NCc4ccco4)ncnc32)cc1. The van der Waals surface area contributed by atoms with Gasteiger partial charge in [-0.3, -0.25) is 4.79 Å². The molecule has 0 saturated heterocycles. The molecule has 0 unspecified atom stereocenters. The zero-order valence-electron chi connectivity index (χ0n) is 18.1. The number of aromatic nitrogens is 4. The summed E-state index contributed by atoms with van der Waals surface area (Å²) in [5.74, 6) is 2.43.